The summed E-state index contributed by atoms with van der Waals surface area (Å²) in [6.07, 6.45) is 1.33. The SMILES string of the molecule is CCC(C)(C)OC(CNC(C)(C)C)C(C)C. The summed E-state index contributed by atoms with van der Waals surface area (Å²) in [6.45, 7) is 18.4. The summed E-state index contributed by atoms with van der Waals surface area (Å²) in [7, 11) is 0. The van der Waals surface area contributed by atoms with E-state index in [-0.39, 0.29) is 17.2 Å². The van der Waals surface area contributed by atoms with Crippen LogP contribution in [0.4, 0.5) is 0 Å². The van der Waals surface area contributed by atoms with Crippen LogP contribution in [-0.2, 0) is 4.74 Å². The topological polar surface area (TPSA) is 21.3 Å². The third-order valence-corrected chi connectivity index (χ3v) is 2.90. The summed E-state index contributed by atoms with van der Waals surface area (Å²) in [5.74, 6) is 0.542. The predicted molar refractivity (Wildman–Crippen MR) is 71.8 cm³/mol. The molecule has 0 saturated carbocycles. The summed E-state index contributed by atoms with van der Waals surface area (Å²) < 4.78 is 6.18. The molecule has 0 heterocycles. The molecule has 2 nitrogen and oxygen atoms in total. The lowest BCUT2D eigenvalue weighted by Crippen LogP contribution is -2.45. The van der Waals surface area contributed by atoms with Crippen LogP contribution in [0, 0.1) is 5.92 Å². The maximum absolute atomic E-state index is 6.18. The van der Waals surface area contributed by atoms with Gasteiger partial charge in [-0.05, 0) is 47.0 Å². The zero-order chi connectivity index (χ0) is 13.0. The van der Waals surface area contributed by atoms with Crippen LogP contribution in [0.1, 0.15) is 61.8 Å². The molecule has 0 aromatic rings. The van der Waals surface area contributed by atoms with Gasteiger partial charge in [-0.25, -0.2) is 0 Å². The molecule has 0 fully saturated rings. The molecule has 1 N–H and O–H groups in total. The molecule has 0 aromatic heterocycles. The largest absolute Gasteiger partial charge is 0.371 e. The Hall–Kier alpha value is -0.0800. The Balaban J connectivity index is 4.30. The molecular formula is C14H31NO. The second kappa shape index (κ2) is 6.02. The highest BCUT2D eigenvalue weighted by Gasteiger charge is 2.25. The number of nitrogens with one attached hydrogen (secondary N) is 1. The molecule has 0 spiro atoms. The quantitative estimate of drug-likeness (QED) is 0.751. The van der Waals surface area contributed by atoms with E-state index >= 15 is 0 Å². The lowest BCUT2D eigenvalue weighted by molar-refractivity contribution is -0.0915. The van der Waals surface area contributed by atoms with Crippen LogP contribution in [0.15, 0.2) is 0 Å². The molecule has 0 aromatic carbocycles. The van der Waals surface area contributed by atoms with Crippen LogP contribution in [0.3, 0.4) is 0 Å². The molecular weight excluding hydrogens is 198 g/mol. The highest BCUT2D eigenvalue weighted by atomic mass is 16.5. The number of rotatable bonds is 6. The van der Waals surface area contributed by atoms with Gasteiger partial charge in [0.25, 0.3) is 0 Å². The van der Waals surface area contributed by atoms with Gasteiger partial charge in [0, 0.05) is 12.1 Å². The molecule has 0 aliphatic heterocycles. The lowest BCUT2D eigenvalue weighted by atomic mass is 10.0. The van der Waals surface area contributed by atoms with Gasteiger partial charge in [0.2, 0.25) is 0 Å². The van der Waals surface area contributed by atoms with E-state index in [0.717, 1.165) is 13.0 Å². The maximum atomic E-state index is 6.18. The first-order chi connectivity index (χ1) is 7.07. The Morgan fingerprint density at radius 2 is 1.56 bits per heavy atom. The maximum Gasteiger partial charge on any atom is 0.0729 e. The van der Waals surface area contributed by atoms with Crippen molar-refractivity contribution in [3.63, 3.8) is 0 Å². The minimum atomic E-state index is -0.0193. The highest BCUT2D eigenvalue weighted by Crippen LogP contribution is 2.20. The molecule has 0 amide bonds. The van der Waals surface area contributed by atoms with Crippen molar-refractivity contribution in [2.45, 2.75) is 79.1 Å². The summed E-state index contributed by atoms with van der Waals surface area (Å²) >= 11 is 0. The van der Waals surface area contributed by atoms with Crippen molar-refractivity contribution >= 4 is 0 Å². The Morgan fingerprint density at radius 3 is 1.88 bits per heavy atom. The summed E-state index contributed by atoms with van der Waals surface area (Å²) in [5.41, 5.74) is 0.140. The van der Waals surface area contributed by atoms with Crippen LogP contribution >= 0.6 is 0 Å². The number of hydrogen-bond acceptors (Lipinski definition) is 2. The van der Waals surface area contributed by atoms with Crippen LogP contribution in [0.5, 0.6) is 0 Å². The van der Waals surface area contributed by atoms with Crippen LogP contribution in [0.25, 0.3) is 0 Å². The van der Waals surface area contributed by atoms with E-state index in [1.54, 1.807) is 0 Å². The van der Waals surface area contributed by atoms with Crippen molar-refractivity contribution in [3.8, 4) is 0 Å². The van der Waals surface area contributed by atoms with Gasteiger partial charge in [0.1, 0.15) is 0 Å². The molecule has 2 heteroatoms. The summed E-state index contributed by atoms with van der Waals surface area (Å²) in [6, 6.07) is 0. The van der Waals surface area contributed by atoms with Crippen molar-refractivity contribution in [2.24, 2.45) is 5.92 Å². The Labute approximate surface area is 102 Å². The minimum Gasteiger partial charge on any atom is -0.371 e. The van der Waals surface area contributed by atoms with Crippen molar-refractivity contribution in [1.82, 2.24) is 5.32 Å². The fraction of sp³-hybridized carbons (Fsp3) is 1.00. The first-order valence-electron chi connectivity index (χ1n) is 6.50. The lowest BCUT2D eigenvalue weighted by Gasteiger charge is -2.34. The Bertz CT molecular complexity index is 191. The van der Waals surface area contributed by atoms with Gasteiger partial charge in [0.15, 0.2) is 0 Å². The molecule has 1 atom stereocenters. The molecule has 0 radical (unpaired) electrons. The third-order valence-electron chi connectivity index (χ3n) is 2.90. The van der Waals surface area contributed by atoms with Crippen molar-refractivity contribution in [1.29, 1.82) is 0 Å². The fourth-order valence-corrected chi connectivity index (χ4v) is 1.31. The predicted octanol–water partition coefficient (Wildman–Crippen LogP) is 3.60. The summed E-state index contributed by atoms with van der Waals surface area (Å²) in [5, 5.41) is 3.52. The van der Waals surface area contributed by atoms with Crippen molar-refractivity contribution in [3.05, 3.63) is 0 Å². The molecule has 1 unspecified atom stereocenters. The molecule has 0 aliphatic rings. The molecule has 0 saturated heterocycles. The minimum absolute atomic E-state index is 0.0193. The molecule has 0 aliphatic carbocycles. The zero-order valence-corrected chi connectivity index (χ0v) is 12.5. The van der Waals surface area contributed by atoms with E-state index in [1.165, 1.54) is 0 Å². The Kier molecular flexibility index (Phi) is 5.99. The second-order valence-corrected chi connectivity index (χ2v) is 6.64. The van der Waals surface area contributed by atoms with Gasteiger partial charge in [-0.15, -0.1) is 0 Å². The molecule has 0 rings (SSSR count). The number of hydrogen-bond donors (Lipinski definition) is 1. The summed E-state index contributed by atoms with van der Waals surface area (Å²) in [4.78, 5) is 0. The van der Waals surface area contributed by atoms with E-state index in [2.05, 4.69) is 60.7 Å². The fourth-order valence-electron chi connectivity index (χ4n) is 1.31. The normalized spacial score (nSPS) is 15.6. The second-order valence-electron chi connectivity index (χ2n) is 6.64. The monoisotopic (exact) mass is 229 g/mol. The van der Waals surface area contributed by atoms with E-state index in [0.29, 0.717) is 5.92 Å². The zero-order valence-electron chi connectivity index (χ0n) is 12.5. The first kappa shape index (κ1) is 15.9. The highest BCUT2D eigenvalue weighted by molar-refractivity contribution is 4.78. The van der Waals surface area contributed by atoms with Crippen molar-refractivity contribution in [2.75, 3.05) is 6.54 Å². The molecule has 0 bridgehead atoms. The Morgan fingerprint density at radius 1 is 1.06 bits per heavy atom. The van der Waals surface area contributed by atoms with Crippen molar-refractivity contribution < 1.29 is 4.74 Å². The molecule has 98 valence electrons. The third kappa shape index (κ3) is 7.24. The van der Waals surface area contributed by atoms with Gasteiger partial charge in [-0.2, -0.15) is 0 Å². The van der Waals surface area contributed by atoms with E-state index in [4.69, 9.17) is 4.74 Å². The van der Waals surface area contributed by atoms with Crippen LogP contribution in [0.2, 0.25) is 0 Å². The average molecular weight is 229 g/mol. The van der Waals surface area contributed by atoms with E-state index < -0.39 is 0 Å². The standard InChI is InChI=1S/C14H31NO/c1-9-14(7,8)16-12(11(2)3)10-15-13(4,5)6/h11-12,15H,9-10H2,1-8H3. The smallest absolute Gasteiger partial charge is 0.0729 e. The van der Waals surface area contributed by atoms with Gasteiger partial charge >= 0.3 is 0 Å². The average Bonchev–Trinajstić information content (AvgIpc) is 2.10. The van der Waals surface area contributed by atoms with Gasteiger partial charge < -0.3 is 10.1 Å². The van der Waals surface area contributed by atoms with E-state index in [9.17, 15) is 0 Å². The van der Waals surface area contributed by atoms with Crippen LogP contribution < -0.4 is 5.32 Å². The number of ether oxygens (including phenoxy) is 1. The van der Waals surface area contributed by atoms with Gasteiger partial charge in [0.05, 0.1) is 11.7 Å². The molecule has 16 heavy (non-hydrogen) atoms. The van der Waals surface area contributed by atoms with E-state index in [1.807, 2.05) is 0 Å². The van der Waals surface area contributed by atoms with Gasteiger partial charge in [-0.1, -0.05) is 20.8 Å². The van der Waals surface area contributed by atoms with Crippen LogP contribution in [-0.4, -0.2) is 23.8 Å². The van der Waals surface area contributed by atoms with Gasteiger partial charge in [-0.3, -0.25) is 0 Å². The first-order valence-corrected chi connectivity index (χ1v) is 6.50.